The van der Waals surface area contributed by atoms with Crippen LogP contribution < -0.4 is 0 Å². The van der Waals surface area contributed by atoms with Crippen LogP contribution in [0.5, 0.6) is 0 Å². The van der Waals surface area contributed by atoms with Crippen LogP contribution in [0.25, 0.3) is 0 Å². The summed E-state index contributed by atoms with van der Waals surface area (Å²) in [4.78, 5) is 6.83. The quantitative estimate of drug-likeness (QED) is 0.629. The zero-order valence-corrected chi connectivity index (χ0v) is 16.0. The number of likely N-dealkylation sites (N-methyl/N-ethyl adjacent to an activating group) is 1. The van der Waals surface area contributed by atoms with Gasteiger partial charge in [-0.05, 0) is 18.2 Å². The Kier molecular flexibility index (Phi) is 6.11. The first kappa shape index (κ1) is 18.8. The molecule has 0 aliphatic carbocycles. The Morgan fingerprint density at radius 3 is 2.29 bits per heavy atom. The van der Waals surface area contributed by atoms with E-state index in [2.05, 4.69) is 34.3 Å². The Morgan fingerprint density at radius 1 is 1.00 bits per heavy atom. The second kappa shape index (κ2) is 9.10. The summed E-state index contributed by atoms with van der Waals surface area (Å²) in [7, 11) is 2.02. The molecule has 1 fully saturated rings. The van der Waals surface area contributed by atoms with Gasteiger partial charge in [-0.15, -0.1) is 0 Å². The van der Waals surface area contributed by atoms with Crippen LogP contribution in [0.4, 0.5) is 0 Å². The van der Waals surface area contributed by atoms with Crippen molar-refractivity contribution in [1.82, 2.24) is 15.0 Å². The van der Waals surface area contributed by atoms with Crippen molar-refractivity contribution in [3.8, 4) is 0 Å². The fraction of sp³-hybridized carbons (Fsp3) is 0.364. The lowest BCUT2D eigenvalue weighted by Gasteiger charge is -2.26. The van der Waals surface area contributed by atoms with Crippen LogP contribution in [0.1, 0.15) is 28.8 Å². The minimum atomic E-state index is -0.0553. The molecule has 0 unspecified atom stereocenters. The Balaban J connectivity index is 1.50. The fourth-order valence-corrected chi connectivity index (χ4v) is 3.52. The van der Waals surface area contributed by atoms with Crippen molar-refractivity contribution in [2.45, 2.75) is 18.6 Å². The lowest BCUT2D eigenvalue weighted by Crippen LogP contribution is -2.38. The van der Waals surface area contributed by atoms with Gasteiger partial charge in [0.1, 0.15) is 0 Å². The molecule has 1 atom stereocenters. The molecule has 1 aliphatic heterocycles. The van der Waals surface area contributed by atoms with Crippen molar-refractivity contribution in [2.24, 2.45) is 0 Å². The van der Waals surface area contributed by atoms with Gasteiger partial charge in [0.2, 0.25) is 5.89 Å². The van der Waals surface area contributed by atoms with Crippen molar-refractivity contribution >= 4 is 0 Å². The number of rotatable bonds is 7. The molecule has 0 amide bonds. The second-order valence-corrected chi connectivity index (χ2v) is 7.07. The molecule has 6 heteroatoms. The molecule has 0 spiro atoms. The van der Waals surface area contributed by atoms with Crippen LogP contribution in [0, 0.1) is 0 Å². The maximum absolute atomic E-state index is 5.71. The third-order valence-electron chi connectivity index (χ3n) is 4.81. The zero-order valence-electron chi connectivity index (χ0n) is 16.0. The fourth-order valence-electron chi connectivity index (χ4n) is 3.52. The van der Waals surface area contributed by atoms with E-state index in [1.165, 1.54) is 0 Å². The molecule has 3 aromatic rings. The summed E-state index contributed by atoms with van der Waals surface area (Å²) in [6.07, 6.45) is 0.0857. The summed E-state index contributed by atoms with van der Waals surface area (Å²) in [5.74, 6) is 1.23. The van der Waals surface area contributed by atoms with Crippen LogP contribution in [0.3, 0.4) is 0 Å². The predicted molar refractivity (Wildman–Crippen MR) is 105 cm³/mol. The van der Waals surface area contributed by atoms with Crippen LogP contribution >= 0.6 is 0 Å². The maximum atomic E-state index is 5.71. The normalized spacial score (nSPS) is 17.3. The van der Waals surface area contributed by atoms with E-state index >= 15 is 0 Å². The van der Waals surface area contributed by atoms with E-state index in [1.807, 2.05) is 43.4 Å². The largest absolute Gasteiger partial charge is 0.376 e. The second-order valence-electron chi connectivity index (χ2n) is 7.07. The summed E-state index contributed by atoms with van der Waals surface area (Å²) in [6.45, 7) is 3.29. The van der Waals surface area contributed by atoms with Crippen LogP contribution in [-0.4, -0.2) is 54.6 Å². The number of ether oxygens (including phenoxy) is 2. The summed E-state index contributed by atoms with van der Waals surface area (Å²) in [6, 6.07) is 20.6. The lowest BCUT2D eigenvalue weighted by atomic mass is 9.91. The standard InChI is InChI=1S/C22H25N3O3/c1-25(14-19-16-26-12-13-27-19)15-20-23-22(24-28-20)21(17-8-4-2-5-9-17)18-10-6-3-7-11-18/h2-11,19,21H,12-16H2,1H3/t19-/m0/s1. The van der Waals surface area contributed by atoms with Crippen LogP contribution in [0.15, 0.2) is 65.2 Å². The Morgan fingerprint density at radius 2 is 1.68 bits per heavy atom. The molecule has 2 heterocycles. The van der Waals surface area contributed by atoms with Crippen LogP contribution in [0.2, 0.25) is 0 Å². The highest BCUT2D eigenvalue weighted by atomic mass is 16.6. The Labute approximate surface area is 165 Å². The van der Waals surface area contributed by atoms with Crippen molar-refractivity contribution in [2.75, 3.05) is 33.4 Å². The van der Waals surface area contributed by atoms with Crippen molar-refractivity contribution < 1.29 is 14.0 Å². The average molecular weight is 379 g/mol. The topological polar surface area (TPSA) is 60.6 Å². The van der Waals surface area contributed by atoms with Crippen LogP contribution in [-0.2, 0) is 16.0 Å². The van der Waals surface area contributed by atoms with E-state index in [1.54, 1.807) is 0 Å². The molecule has 0 N–H and O–H groups in total. The molecule has 2 aromatic carbocycles. The smallest absolute Gasteiger partial charge is 0.240 e. The highest BCUT2D eigenvalue weighted by molar-refractivity contribution is 5.37. The third-order valence-corrected chi connectivity index (χ3v) is 4.81. The molecular weight excluding hydrogens is 354 g/mol. The molecule has 4 rings (SSSR count). The monoisotopic (exact) mass is 379 g/mol. The van der Waals surface area contributed by atoms with Crippen molar-refractivity contribution in [3.05, 3.63) is 83.5 Å². The van der Waals surface area contributed by atoms with Crippen molar-refractivity contribution in [1.29, 1.82) is 0 Å². The van der Waals surface area contributed by atoms with Crippen molar-refractivity contribution in [3.63, 3.8) is 0 Å². The van der Waals surface area contributed by atoms with Gasteiger partial charge < -0.3 is 14.0 Å². The van der Waals surface area contributed by atoms with Gasteiger partial charge in [-0.3, -0.25) is 4.90 Å². The van der Waals surface area contributed by atoms with Gasteiger partial charge in [0.15, 0.2) is 5.82 Å². The maximum Gasteiger partial charge on any atom is 0.240 e. The number of nitrogens with zero attached hydrogens (tertiary/aromatic N) is 3. The molecular formula is C22H25N3O3. The summed E-state index contributed by atoms with van der Waals surface area (Å²) >= 11 is 0. The van der Waals surface area contributed by atoms with E-state index in [0.29, 0.717) is 38.1 Å². The summed E-state index contributed by atoms with van der Waals surface area (Å²) in [5, 5.41) is 4.30. The molecule has 146 valence electrons. The summed E-state index contributed by atoms with van der Waals surface area (Å²) in [5.41, 5.74) is 2.28. The van der Waals surface area contributed by atoms with E-state index in [9.17, 15) is 0 Å². The van der Waals surface area contributed by atoms with E-state index in [0.717, 1.165) is 17.7 Å². The predicted octanol–water partition coefficient (Wildman–Crippen LogP) is 3.10. The molecule has 0 radical (unpaired) electrons. The third kappa shape index (κ3) is 4.65. The lowest BCUT2D eigenvalue weighted by molar-refractivity contribution is -0.0967. The highest BCUT2D eigenvalue weighted by Crippen LogP contribution is 2.29. The zero-order chi connectivity index (χ0) is 19.2. The number of benzene rings is 2. The van der Waals surface area contributed by atoms with E-state index in [4.69, 9.17) is 19.0 Å². The van der Waals surface area contributed by atoms with Gasteiger partial charge in [0, 0.05) is 6.54 Å². The molecule has 0 saturated carbocycles. The minimum absolute atomic E-state index is 0.0553. The molecule has 6 nitrogen and oxygen atoms in total. The molecule has 1 aliphatic rings. The van der Waals surface area contributed by atoms with Gasteiger partial charge in [-0.25, -0.2) is 0 Å². The molecule has 0 bridgehead atoms. The first-order valence-electron chi connectivity index (χ1n) is 9.60. The molecule has 28 heavy (non-hydrogen) atoms. The SMILES string of the molecule is CN(Cc1nc(C(c2ccccc2)c2ccccc2)no1)C[C@H]1COCCO1. The number of aromatic nitrogens is 2. The van der Waals surface area contributed by atoms with Gasteiger partial charge >= 0.3 is 0 Å². The Hall–Kier alpha value is -2.54. The highest BCUT2D eigenvalue weighted by Gasteiger charge is 2.23. The first-order chi connectivity index (χ1) is 13.8. The molecule has 1 aromatic heterocycles. The van der Waals surface area contributed by atoms with Gasteiger partial charge in [-0.1, -0.05) is 65.8 Å². The van der Waals surface area contributed by atoms with Gasteiger partial charge in [-0.2, -0.15) is 4.98 Å². The van der Waals surface area contributed by atoms with E-state index < -0.39 is 0 Å². The average Bonchev–Trinajstić information content (AvgIpc) is 3.18. The number of hydrogen-bond acceptors (Lipinski definition) is 6. The first-order valence-corrected chi connectivity index (χ1v) is 9.60. The Bertz CT molecular complexity index is 808. The van der Waals surface area contributed by atoms with E-state index in [-0.39, 0.29) is 12.0 Å². The van der Waals surface area contributed by atoms with Gasteiger partial charge in [0.25, 0.3) is 0 Å². The van der Waals surface area contributed by atoms with Gasteiger partial charge in [0.05, 0.1) is 38.4 Å². The summed E-state index contributed by atoms with van der Waals surface area (Å²) < 4.78 is 16.7. The number of hydrogen-bond donors (Lipinski definition) is 0. The molecule has 1 saturated heterocycles. The minimum Gasteiger partial charge on any atom is -0.376 e.